The highest BCUT2D eigenvalue weighted by molar-refractivity contribution is 7.80. The maximum Gasteiger partial charge on any atom is 0.167 e. The Morgan fingerprint density at radius 2 is 1.75 bits per heavy atom. The molecule has 16 heavy (non-hydrogen) atoms. The fourth-order valence-electron chi connectivity index (χ4n) is 1.06. The zero-order chi connectivity index (χ0) is 12.1. The van der Waals surface area contributed by atoms with Crippen LogP contribution in [0.5, 0.6) is 5.75 Å². The van der Waals surface area contributed by atoms with Gasteiger partial charge in [0.15, 0.2) is 6.10 Å². The van der Waals surface area contributed by atoms with E-state index in [0.29, 0.717) is 5.75 Å². The van der Waals surface area contributed by atoms with E-state index in [1.165, 1.54) is 0 Å². The second-order valence-corrected chi connectivity index (χ2v) is 5.17. The van der Waals surface area contributed by atoms with Gasteiger partial charge in [-0.1, -0.05) is 30.4 Å². The average Bonchev–Trinajstić information content (AvgIpc) is 2.26. The van der Waals surface area contributed by atoms with Crippen molar-refractivity contribution in [2.45, 2.75) is 16.3 Å². The van der Waals surface area contributed by atoms with E-state index in [0.717, 1.165) is 0 Å². The van der Waals surface area contributed by atoms with Crippen LogP contribution in [-0.4, -0.2) is 21.3 Å². The number of alkyl halides is 3. The zero-order valence-corrected chi connectivity index (χ0v) is 11.2. The maximum atomic E-state index is 5.97. The van der Waals surface area contributed by atoms with E-state index in [1.807, 2.05) is 18.2 Å². The molecule has 2 nitrogen and oxygen atoms in total. The molecule has 0 aliphatic carbocycles. The summed E-state index contributed by atoms with van der Waals surface area (Å²) in [5.41, 5.74) is 5.53. The van der Waals surface area contributed by atoms with E-state index in [-0.39, 0.29) is 4.99 Å². The Morgan fingerprint density at radius 3 is 2.19 bits per heavy atom. The Labute approximate surface area is 115 Å². The molecular formula is C10H10Cl3NOS. The summed E-state index contributed by atoms with van der Waals surface area (Å²) in [5, 5.41) is -0.693. The van der Waals surface area contributed by atoms with Gasteiger partial charge in [0.25, 0.3) is 0 Å². The molecule has 0 radical (unpaired) electrons. The molecule has 1 rings (SSSR count). The molecule has 6 heteroatoms. The van der Waals surface area contributed by atoms with Crippen LogP contribution in [0.25, 0.3) is 0 Å². The van der Waals surface area contributed by atoms with Crippen LogP contribution in [-0.2, 0) is 0 Å². The SMILES string of the molecule is NC(=S)C(Oc1ccccc1)C(Cl)C(Cl)Cl. The minimum atomic E-state index is -0.808. The van der Waals surface area contributed by atoms with E-state index < -0.39 is 16.3 Å². The summed E-state index contributed by atoms with van der Waals surface area (Å²) < 4.78 is 5.53. The number of hydrogen-bond donors (Lipinski definition) is 1. The van der Waals surface area contributed by atoms with Crippen molar-refractivity contribution in [1.82, 2.24) is 0 Å². The summed E-state index contributed by atoms with van der Waals surface area (Å²) in [6.45, 7) is 0. The number of thiocarbonyl (C=S) groups is 1. The molecule has 0 bridgehead atoms. The fraction of sp³-hybridized carbons (Fsp3) is 0.300. The Kier molecular flexibility index (Phi) is 5.62. The fourth-order valence-corrected chi connectivity index (χ4v) is 1.78. The van der Waals surface area contributed by atoms with Crippen LogP contribution in [0.4, 0.5) is 0 Å². The first kappa shape index (κ1) is 13.8. The van der Waals surface area contributed by atoms with Crippen molar-refractivity contribution in [2.75, 3.05) is 0 Å². The van der Waals surface area contributed by atoms with Crippen LogP contribution in [0.1, 0.15) is 0 Å². The smallest absolute Gasteiger partial charge is 0.167 e. The lowest BCUT2D eigenvalue weighted by Gasteiger charge is -2.23. The molecule has 1 aromatic rings. The lowest BCUT2D eigenvalue weighted by Crippen LogP contribution is -2.42. The van der Waals surface area contributed by atoms with E-state index in [2.05, 4.69) is 0 Å². The molecule has 88 valence electrons. The van der Waals surface area contributed by atoms with Crippen molar-refractivity contribution < 1.29 is 4.74 Å². The first-order valence-corrected chi connectivity index (χ1v) is 6.17. The number of ether oxygens (including phenoxy) is 1. The third-order valence-corrected chi connectivity index (χ3v) is 3.33. The summed E-state index contributed by atoms with van der Waals surface area (Å²) in [6.07, 6.45) is -0.695. The average molecular weight is 299 g/mol. The molecule has 0 saturated heterocycles. The molecule has 0 aliphatic heterocycles. The van der Waals surface area contributed by atoms with Gasteiger partial charge in [-0.15, -0.1) is 34.8 Å². The Hall–Kier alpha value is -0.220. The van der Waals surface area contributed by atoms with Gasteiger partial charge in [-0.05, 0) is 12.1 Å². The summed E-state index contributed by atoms with van der Waals surface area (Å²) in [5.74, 6) is 0.611. The number of benzene rings is 1. The monoisotopic (exact) mass is 297 g/mol. The van der Waals surface area contributed by atoms with Crippen molar-refractivity contribution in [3.63, 3.8) is 0 Å². The molecule has 0 fully saturated rings. The predicted octanol–water partition coefficient (Wildman–Crippen LogP) is 3.13. The molecule has 0 aromatic heterocycles. The normalized spacial score (nSPS) is 14.5. The van der Waals surface area contributed by atoms with Gasteiger partial charge in [0.1, 0.15) is 21.0 Å². The minimum absolute atomic E-state index is 0.121. The number of halogens is 3. The highest BCUT2D eigenvalue weighted by Gasteiger charge is 2.29. The van der Waals surface area contributed by atoms with E-state index in [4.69, 9.17) is 57.5 Å². The standard InChI is InChI=1S/C10H10Cl3NOS/c11-7(9(12)13)8(10(14)16)15-6-4-2-1-3-5-6/h1-5,7-9H,(H2,14,16). The number of nitrogens with two attached hydrogens (primary N) is 1. The molecule has 0 saturated carbocycles. The van der Waals surface area contributed by atoms with Gasteiger partial charge >= 0.3 is 0 Å². The minimum Gasteiger partial charge on any atom is -0.482 e. The van der Waals surface area contributed by atoms with Crippen molar-refractivity contribution in [3.8, 4) is 5.75 Å². The van der Waals surface area contributed by atoms with Crippen molar-refractivity contribution >= 4 is 52.0 Å². The number of para-hydroxylation sites is 1. The van der Waals surface area contributed by atoms with E-state index in [9.17, 15) is 0 Å². The van der Waals surface area contributed by atoms with Crippen LogP contribution in [0.2, 0.25) is 0 Å². The van der Waals surface area contributed by atoms with Crippen LogP contribution in [0.3, 0.4) is 0 Å². The van der Waals surface area contributed by atoms with Gasteiger partial charge in [0, 0.05) is 0 Å². The lowest BCUT2D eigenvalue weighted by atomic mass is 10.2. The lowest BCUT2D eigenvalue weighted by molar-refractivity contribution is 0.265. The Bertz CT molecular complexity index is 347. The largest absolute Gasteiger partial charge is 0.482 e. The van der Waals surface area contributed by atoms with Gasteiger partial charge in [0.05, 0.1) is 0 Å². The topological polar surface area (TPSA) is 35.2 Å². The summed E-state index contributed by atoms with van der Waals surface area (Å²) in [6, 6.07) is 9.06. The van der Waals surface area contributed by atoms with Gasteiger partial charge in [-0.3, -0.25) is 0 Å². The zero-order valence-electron chi connectivity index (χ0n) is 8.15. The highest BCUT2D eigenvalue weighted by Crippen LogP contribution is 2.22. The van der Waals surface area contributed by atoms with Crippen molar-refractivity contribution in [3.05, 3.63) is 30.3 Å². The van der Waals surface area contributed by atoms with Gasteiger partial charge in [-0.25, -0.2) is 0 Å². The Morgan fingerprint density at radius 1 is 1.19 bits per heavy atom. The van der Waals surface area contributed by atoms with Crippen LogP contribution < -0.4 is 10.5 Å². The molecule has 2 unspecified atom stereocenters. The first-order valence-electron chi connectivity index (χ1n) is 4.45. The van der Waals surface area contributed by atoms with Crippen LogP contribution >= 0.6 is 47.0 Å². The van der Waals surface area contributed by atoms with Crippen LogP contribution in [0, 0.1) is 0 Å². The molecule has 0 heterocycles. The quantitative estimate of drug-likeness (QED) is 0.670. The maximum absolute atomic E-state index is 5.97. The van der Waals surface area contributed by atoms with Crippen LogP contribution in [0.15, 0.2) is 30.3 Å². The van der Waals surface area contributed by atoms with Gasteiger partial charge in [-0.2, -0.15) is 0 Å². The van der Waals surface area contributed by atoms with E-state index >= 15 is 0 Å². The molecule has 1 aromatic carbocycles. The molecule has 2 N–H and O–H groups in total. The van der Waals surface area contributed by atoms with Crippen molar-refractivity contribution in [1.29, 1.82) is 0 Å². The third-order valence-electron chi connectivity index (χ3n) is 1.82. The summed E-state index contributed by atoms with van der Waals surface area (Å²) in [4.78, 5) is -0.688. The summed E-state index contributed by atoms with van der Waals surface area (Å²) >= 11 is 22.2. The van der Waals surface area contributed by atoms with Crippen molar-refractivity contribution in [2.24, 2.45) is 5.73 Å². The second kappa shape index (κ2) is 6.50. The third kappa shape index (κ3) is 3.98. The molecular weight excluding hydrogens is 289 g/mol. The van der Waals surface area contributed by atoms with Gasteiger partial charge < -0.3 is 10.5 Å². The van der Waals surface area contributed by atoms with E-state index in [1.54, 1.807) is 12.1 Å². The molecule has 0 aliphatic rings. The number of rotatable bonds is 5. The highest BCUT2D eigenvalue weighted by atomic mass is 35.5. The molecule has 0 spiro atoms. The Balaban J connectivity index is 2.77. The predicted molar refractivity (Wildman–Crippen MR) is 72.8 cm³/mol. The first-order chi connectivity index (χ1) is 7.52. The molecule has 0 amide bonds. The number of hydrogen-bond acceptors (Lipinski definition) is 2. The molecule has 2 atom stereocenters. The second-order valence-electron chi connectivity index (χ2n) is 3.03. The van der Waals surface area contributed by atoms with Gasteiger partial charge in [0.2, 0.25) is 0 Å². The summed E-state index contributed by atoms with van der Waals surface area (Å²) in [7, 11) is 0.